The van der Waals surface area contributed by atoms with Gasteiger partial charge >= 0.3 is 0 Å². The molecule has 2 aromatic carbocycles. The van der Waals surface area contributed by atoms with Crippen LogP contribution < -0.4 is 14.5 Å². The summed E-state index contributed by atoms with van der Waals surface area (Å²) in [4.78, 5) is 37.0. The van der Waals surface area contributed by atoms with Crippen LogP contribution in [0, 0.1) is 11.7 Å². The number of anilines is 2. The molecule has 2 aliphatic heterocycles. The molecule has 0 spiro atoms. The average Bonchev–Trinajstić information content (AvgIpc) is 3.50. The maximum atomic E-state index is 13.8. The van der Waals surface area contributed by atoms with Crippen LogP contribution in [-0.2, 0) is 14.3 Å². The number of carbonyl (C=O) groups excluding carboxylic acids is 2. The van der Waals surface area contributed by atoms with Crippen molar-refractivity contribution in [2.45, 2.75) is 12.8 Å². The van der Waals surface area contributed by atoms with Gasteiger partial charge in [-0.05, 0) is 42.8 Å². The number of benzene rings is 2. The van der Waals surface area contributed by atoms with Crippen LogP contribution in [0.1, 0.15) is 12.8 Å². The van der Waals surface area contributed by atoms with Crippen LogP contribution in [0.5, 0.6) is 5.75 Å². The highest BCUT2D eigenvalue weighted by Crippen LogP contribution is 2.34. The molecule has 0 bridgehead atoms. The molecular formula is C26H30ClFN4O4S. The molecule has 0 saturated carbocycles. The fourth-order valence-corrected chi connectivity index (χ4v) is 5.66. The molecule has 0 aliphatic carbocycles. The number of halogens is 2. The smallest absolute Gasteiger partial charge is 0.234 e. The monoisotopic (exact) mass is 548 g/mol. The summed E-state index contributed by atoms with van der Waals surface area (Å²) in [5, 5.41) is 0.623. The van der Waals surface area contributed by atoms with E-state index < -0.39 is 5.92 Å². The largest absolute Gasteiger partial charge is 0.497 e. The van der Waals surface area contributed by atoms with E-state index in [0.717, 1.165) is 49.5 Å². The third kappa shape index (κ3) is 6.20. The second-order valence-corrected chi connectivity index (χ2v) is 10.0. The number of amides is 2. The standard InChI is InChI=1S/C26H29FN4O4S.ClH/c1-34-21-7-8-23-22(16-21)28-26(36-23)30(10-2-9-29-11-13-35-14-12-29)25(33)18-15-24(32)31(17-18)20-5-3-19(27)4-6-20;/h3-8,16,18H,2,9-15,17H2,1H3;1H. The minimum absolute atomic E-state index is 0. The number of hydrogen-bond donors (Lipinski definition) is 0. The van der Waals surface area contributed by atoms with E-state index in [-0.39, 0.29) is 43.0 Å². The fraction of sp³-hybridized carbons (Fsp3) is 0.423. The van der Waals surface area contributed by atoms with Crippen molar-refractivity contribution in [1.29, 1.82) is 0 Å². The van der Waals surface area contributed by atoms with Gasteiger partial charge in [-0.25, -0.2) is 9.37 Å². The molecule has 3 heterocycles. The van der Waals surface area contributed by atoms with Gasteiger partial charge in [0.15, 0.2) is 5.13 Å². The van der Waals surface area contributed by atoms with E-state index in [1.165, 1.54) is 23.5 Å². The zero-order valence-corrected chi connectivity index (χ0v) is 22.2. The van der Waals surface area contributed by atoms with Gasteiger partial charge in [0.2, 0.25) is 11.8 Å². The SMILES string of the molecule is COc1ccc2sc(N(CCCN3CCOCC3)C(=O)C3CC(=O)N(c4ccc(F)cc4)C3)nc2c1.Cl. The minimum atomic E-state index is -0.493. The number of morpholine rings is 1. The molecule has 0 radical (unpaired) electrons. The number of ether oxygens (including phenoxy) is 2. The van der Waals surface area contributed by atoms with Gasteiger partial charge in [-0.3, -0.25) is 19.4 Å². The molecule has 0 N–H and O–H groups in total. The summed E-state index contributed by atoms with van der Waals surface area (Å²) in [6.45, 7) is 4.86. The second-order valence-electron chi connectivity index (χ2n) is 9.01. The lowest BCUT2D eigenvalue weighted by atomic mass is 10.1. The van der Waals surface area contributed by atoms with Crippen LogP contribution in [0.4, 0.5) is 15.2 Å². The Bertz CT molecular complexity index is 1240. The van der Waals surface area contributed by atoms with Gasteiger partial charge in [0.25, 0.3) is 0 Å². The number of methoxy groups -OCH3 is 1. The Morgan fingerprint density at radius 3 is 2.70 bits per heavy atom. The quantitative estimate of drug-likeness (QED) is 0.424. The Balaban J connectivity index is 0.00000320. The lowest BCUT2D eigenvalue weighted by molar-refractivity contribution is -0.124. The highest BCUT2D eigenvalue weighted by Gasteiger charge is 2.38. The third-order valence-electron chi connectivity index (χ3n) is 6.65. The van der Waals surface area contributed by atoms with Crippen molar-refractivity contribution in [2.24, 2.45) is 5.92 Å². The first kappa shape index (κ1) is 27.3. The van der Waals surface area contributed by atoms with Gasteiger partial charge in [0.05, 0.1) is 36.5 Å². The van der Waals surface area contributed by atoms with Crippen molar-refractivity contribution < 1.29 is 23.5 Å². The number of nitrogens with zero attached hydrogens (tertiary/aromatic N) is 4. The van der Waals surface area contributed by atoms with Crippen LogP contribution >= 0.6 is 23.7 Å². The van der Waals surface area contributed by atoms with Crippen molar-refractivity contribution in [2.75, 3.05) is 62.8 Å². The normalized spacial score (nSPS) is 18.2. The van der Waals surface area contributed by atoms with E-state index in [2.05, 4.69) is 4.90 Å². The summed E-state index contributed by atoms with van der Waals surface area (Å²) in [6.07, 6.45) is 0.905. The highest BCUT2D eigenvalue weighted by molar-refractivity contribution is 7.22. The topological polar surface area (TPSA) is 75.2 Å². The molecule has 198 valence electrons. The molecule has 3 aromatic rings. The van der Waals surface area contributed by atoms with Gasteiger partial charge in [-0.15, -0.1) is 12.4 Å². The Morgan fingerprint density at radius 1 is 1.22 bits per heavy atom. The fourth-order valence-electron chi connectivity index (χ4n) is 4.68. The van der Waals surface area contributed by atoms with Crippen LogP contribution in [0.25, 0.3) is 10.2 Å². The van der Waals surface area contributed by atoms with Crippen LogP contribution in [0.2, 0.25) is 0 Å². The molecule has 37 heavy (non-hydrogen) atoms. The lowest BCUT2D eigenvalue weighted by Crippen LogP contribution is -2.41. The predicted octanol–water partition coefficient (Wildman–Crippen LogP) is 3.97. The van der Waals surface area contributed by atoms with Crippen LogP contribution in [0.15, 0.2) is 42.5 Å². The number of rotatable bonds is 8. The summed E-state index contributed by atoms with van der Waals surface area (Å²) in [5.41, 5.74) is 1.37. The van der Waals surface area contributed by atoms with Crippen LogP contribution in [-0.4, -0.2) is 74.7 Å². The number of fused-ring (bicyclic) bond motifs is 1. The minimum Gasteiger partial charge on any atom is -0.497 e. The van der Waals surface area contributed by atoms with E-state index >= 15 is 0 Å². The molecule has 1 aromatic heterocycles. The van der Waals surface area contributed by atoms with Gasteiger partial charge in [0.1, 0.15) is 11.6 Å². The average molecular weight is 549 g/mol. The first-order chi connectivity index (χ1) is 17.5. The van der Waals surface area contributed by atoms with Crippen molar-refractivity contribution in [3.8, 4) is 5.75 Å². The summed E-state index contributed by atoms with van der Waals surface area (Å²) >= 11 is 1.46. The molecule has 2 amide bonds. The van der Waals surface area contributed by atoms with E-state index in [1.807, 2.05) is 18.2 Å². The van der Waals surface area contributed by atoms with Gasteiger partial charge < -0.3 is 14.4 Å². The number of hydrogen-bond acceptors (Lipinski definition) is 7. The highest BCUT2D eigenvalue weighted by atomic mass is 35.5. The van der Waals surface area contributed by atoms with Crippen molar-refractivity contribution in [1.82, 2.24) is 9.88 Å². The Morgan fingerprint density at radius 2 is 1.97 bits per heavy atom. The first-order valence-corrected chi connectivity index (χ1v) is 13.0. The lowest BCUT2D eigenvalue weighted by Gasteiger charge is -2.28. The summed E-state index contributed by atoms with van der Waals surface area (Å²) in [7, 11) is 1.61. The van der Waals surface area contributed by atoms with E-state index in [9.17, 15) is 14.0 Å². The number of thiazole rings is 1. The predicted molar refractivity (Wildman–Crippen MR) is 145 cm³/mol. The third-order valence-corrected chi connectivity index (χ3v) is 7.71. The molecule has 1 atom stereocenters. The summed E-state index contributed by atoms with van der Waals surface area (Å²) < 4.78 is 25.1. The maximum absolute atomic E-state index is 13.8. The van der Waals surface area contributed by atoms with E-state index in [0.29, 0.717) is 23.1 Å². The van der Waals surface area contributed by atoms with Gasteiger partial charge in [-0.1, -0.05) is 11.3 Å². The zero-order chi connectivity index (χ0) is 25.1. The molecule has 2 saturated heterocycles. The zero-order valence-electron chi connectivity index (χ0n) is 20.6. The Hall–Kier alpha value is -2.79. The first-order valence-electron chi connectivity index (χ1n) is 12.1. The van der Waals surface area contributed by atoms with Crippen molar-refractivity contribution >= 4 is 56.6 Å². The van der Waals surface area contributed by atoms with E-state index in [1.54, 1.807) is 29.0 Å². The second kappa shape index (κ2) is 12.2. The van der Waals surface area contributed by atoms with Gasteiger partial charge in [0, 0.05) is 50.9 Å². The molecule has 1 unspecified atom stereocenters. The number of carbonyl (C=O) groups is 2. The molecule has 5 rings (SSSR count). The maximum Gasteiger partial charge on any atom is 0.234 e. The number of aromatic nitrogens is 1. The molecular weight excluding hydrogens is 519 g/mol. The summed E-state index contributed by atoms with van der Waals surface area (Å²) in [5.74, 6) is -0.395. The summed E-state index contributed by atoms with van der Waals surface area (Å²) in [6, 6.07) is 11.5. The molecule has 2 fully saturated rings. The van der Waals surface area contributed by atoms with Crippen LogP contribution in [0.3, 0.4) is 0 Å². The van der Waals surface area contributed by atoms with E-state index in [4.69, 9.17) is 14.5 Å². The Kier molecular flexibility index (Phi) is 8.96. The van der Waals surface area contributed by atoms with Crippen molar-refractivity contribution in [3.63, 3.8) is 0 Å². The molecule has 2 aliphatic rings. The van der Waals surface area contributed by atoms with Crippen molar-refractivity contribution in [3.05, 3.63) is 48.3 Å². The molecule has 11 heteroatoms. The van der Waals surface area contributed by atoms with Gasteiger partial charge in [-0.2, -0.15) is 0 Å². The Labute approximate surface area is 225 Å². The molecule has 8 nitrogen and oxygen atoms in total.